The lowest BCUT2D eigenvalue weighted by Gasteiger charge is -2.08. The summed E-state index contributed by atoms with van der Waals surface area (Å²) in [5.74, 6) is 0.444. The standard InChI is InChI=1S/C15H18BrN5/c16-13-9-19-21(10-13)7-6-18-15(17)20-14-5-4-11-2-1-3-12(11)8-14/h4-5,8-10H,1-3,6-7H2,(H3,17,18,20). The topological polar surface area (TPSA) is 68.2 Å². The van der Waals surface area contributed by atoms with Gasteiger partial charge in [-0.1, -0.05) is 6.07 Å². The van der Waals surface area contributed by atoms with Gasteiger partial charge in [0.15, 0.2) is 5.96 Å². The number of aliphatic imine (C=N–C) groups is 1. The Hall–Kier alpha value is -1.82. The summed E-state index contributed by atoms with van der Waals surface area (Å²) in [6, 6.07) is 6.42. The first-order valence-corrected chi connectivity index (χ1v) is 7.87. The van der Waals surface area contributed by atoms with Crippen molar-refractivity contribution in [3.05, 3.63) is 46.2 Å². The van der Waals surface area contributed by atoms with Gasteiger partial charge in [-0.2, -0.15) is 5.10 Å². The van der Waals surface area contributed by atoms with E-state index >= 15 is 0 Å². The third-order valence-electron chi connectivity index (χ3n) is 3.58. The molecule has 1 aliphatic rings. The number of nitrogens with two attached hydrogens (primary N) is 1. The maximum absolute atomic E-state index is 5.92. The first-order chi connectivity index (χ1) is 10.2. The molecule has 0 spiro atoms. The van der Waals surface area contributed by atoms with Crippen molar-refractivity contribution in [3.8, 4) is 0 Å². The molecule has 110 valence electrons. The highest BCUT2D eigenvalue weighted by Crippen LogP contribution is 2.24. The molecule has 1 aromatic heterocycles. The van der Waals surface area contributed by atoms with E-state index in [9.17, 15) is 0 Å². The third-order valence-corrected chi connectivity index (χ3v) is 3.99. The molecular weight excluding hydrogens is 330 g/mol. The van der Waals surface area contributed by atoms with Crippen molar-refractivity contribution in [2.24, 2.45) is 10.7 Å². The van der Waals surface area contributed by atoms with Gasteiger partial charge < -0.3 is 11.1 Å². The summed E-state index contributed by atoms with van der Waals surface area (Å²) in [7, 11) is 0. The number of hydrogen-bond donors (Lipinski definition) is 2. The van der Waals surface area contributed by atoms with Gasteiger partial charge in [0, 0.05) is 11.9 Å². The molecule has 0 saturated carbocycles. The molecule has 3 rings (SSSR count). The minimum absolute atomic E-state index is 0.444. The van der Waals surface area contributed by atoms with E-state index in [1.165, 1.54) is 24.0 Å². The van der Waals surface area contributed by atoms with Crippen molar-refractivity contribution >= 4 is 27.6 Å². The molecule has 5 nitrogen and oxygen atoms in total. The zero-order valence-electron chi connectivity index (χ0n) is 11.7. The molecule has 0 amide bonds. The molecule has 0 aliphatic heterocycles. The normalized spacial score (nSPS) is 14.2. The highest BCUT2D eigenvalue weighted by molar-refractivity contribution is 9.10. The zero-order chi connectivity index (χ0) is 14.7. The lowest BCUT2D eigenvalue weighted by molar-refractivity contribution is 0.625. The van der Waals surface area contributed by atoms with Crippen LogP contribution in [-0.2, 0) is 19.4 Å². The summed E-state index contributed by atoms with van der Waals surface area (Å²) in [5.41, 5.74) is 9.82. The number of hydrogen-bond acceptors (Lipinski definition) is 2. The van der Waals surface area contributed by atoms with Crippen LogP contribution in [0.4, 0.5) is 5.69 Å². The van der Waals surface area contributed by atoms with Crippen LogP contribution in [-0.4, -0.2) is 22.3 Å². The minimum atomic E-state index is 0.444. The number of rotatable bonds is 4. The second-order valence-corrected chi connectivity index (χ2v) is 6.07. The van der Waals surface area contributed by atoms with E-state index in [-0.39, 0.29) is 0 Å². The van der Waals surface area contributed by atoms with E-state index in [0.29, 0.717) is 19.0 Å². The maximum Gasteiger partial charge on any atom is 0.193 e. The number of aryl methyl sites for hydroxylation is 2. The fourth-order valence-electron chi connectivity index (χ4n) is 2.57. The van der Waals surface area contributed by atoms with Gasteiger partial charge >= 0.3 is 0 Å². The predicted octanol–water partition coefficient (Wildman–Crippen LogP) is 2.56. The lowest BCUT2D eigenvalue weighted by Crippen LogP contribution is -2.23. The largest absolute Gasteiger partial charge is 0.370 e. The molecule has 6 heteroatoms. The predicted molar refractivity (Wildman–Crippen MR) is 88.5 cm³/mol. The second kappa shape index (κ2) is 6.30. The highest BCUT2D eigenvalue weighted by atomic mass is 79.9. The van der Waals surface area contributed by atoms with Crippen LogP contribution in [0.1, 0.15) is 17.5 Å². The zero-order valence-corrected chi connectivity index (χ0v) is 13.3. The molecule has 1 heterocycles. The van der Waals surface area contributed by atoms with Gasteiger partial charge in [-0.25, -0.2) is 0 Å². The highest BCUT2D eigenvalue weighted by Gasteiger charge is 2.10. The van der Waals surface area contributed by atoms with Crippen molar-refractivity contribution < 1.29 is 0 Å². The Morgan fingerprint density at radius 1 is 1.38 bits per heavy atom. The van der Waals surface area contributed by atoms with Crippen LogP contribution in [0.3, 0.4) is 0 Å². The van der Waals surface area contributed by atoms with Crippen molar-refractivity contribution in [1.29, 1.82) is 0 Å². The molecule has 1 aromatic carbocycles. The van der Waals surface area contributed by atoms with E-state index in [1.54, 1.807) is 6.20 Å². The SMILES string of the molecule is NC(=NCCn1cc(Br)cn1)Nc1ccc2c(c1)CCC2. The molecule has 2 aromatic rings. The number of guanidine groups is 1. The molecular formula is C15H18BrN5. The monoisotopic (exact) mass is 347 g/mol. The minimum Gasteiger partial charge on any atom is -0.370 e. The number of nitrogens with zero attached hydrogens (tertiary/aromatic N) is 3. The van der Waals surface area contributed by atoms with Crippen molar-refractivity contribution in [1.82, 2.24) is 9.78 Å². The Bertz CT molecular complexity index is 662. The molecule has 0 saturated heterocycles. The van der Waals surface area contributed by atoms with Crippen LogP contribution in [0.25, 0.3) is 0 Å². The molecule has 21 heavy (non-hydrogen) atoms. The Morgan fingerprint density at radius 2 is 2.24 bits per heavy atom. The molecule has 0 fully saturated rings. The summed E-state index contributed by atoms with van der Waals surface area (Å²) in [5, 5.41) is 7.33. The number of nitrogens with one attached hydrogen (secondary N) is 1. The van der Waals surface area contributed by atoms with Gasteiger partial charge in [0.1, 0.15) is 0 Å². The van der Waals surface area contributed by atoms with E-state index in [1.807, 2.05) is 10.9 Å². The molecule has 0 atom stereocenters. The average molecular weight is 348 g/mol. The number of halogens is 1. The third kappa shape index (κ3) is 3.64. The summed E-state index contributed by atoms with van der Waals surface area (Å²) >= 11 is 3.37. The van der Waals surface area contributed by atoms with Gasteiger partial charge in [-0.05, 0) is 58.5 Å². The summed E-state index contributed by atoms with van der Waals surface area (Å²) in [6.45, 7) is 1.30. The molecule has 3 N–H and O–H groups in total. The quantitative estimate of drug-likeness (QED) is 0.659. The van der Waals surface area contributed by atoms with Crippen molar-refractivity contribution in [3.63, 3.8) is 0 Å². The summed E-state index contributed by atoms with van der Waals surface area (Å²) in [6.07, 6.45) is 7.28. The van der Waals surface area contributed by atoms with Crippen molar-refractivity contribution in [2.45, 2.75) is 25.8 Å². The Labute approximate surface area is 132 Å². The Morgan fingerprint density at radius 3 is 3.05 bits per heavy atom. The first-order valence-electron chi connectivity index (χ1n) is 7.07. The van der Waals surface area contributed by atoms with Gasteiger partial charge in [0.2, 0.25) is 0 Å². The maximum atomic E-state index is 5.92. The number of aromatic nitrogens is 2. The van der Waals surface area contributed by atoms with Gasteiger partial charge in [-0.3, -0.25) is 9.67 Å². The van der Waals surface area contributed by atoms with Gasteiger partial charge in [0.25, 0.3) is 0 Å². The smallest absolute Gasteiger partial charge is 0.193 e. The van der Waals surface area contributed by atoms with E-state index < -0.39 is 0 Å². The first kappa shape index (κ1) is 14.1. The van der Waals surface area contributed by atoms with E-state index in [0.717, 1.165) is 16.6 Å². The van der Waals surface area contributed by atoms with Gasteiger partial charge in [-0.15, -0.1) is 0 Å². The number of anilines is 1. The van der Waals surface area contributed by atoms with Crippen LogP contribution < -0.4 is 11.1 Å². The Kier molecular flexibility index (Phi) is 4.24. The second-order valence-electron chi connectivity index (χ2n) is 5.15. The van der Waals surface area contributed by atoms with Gasteiger partial charge in [0.05, 0.1) is 23.8 Å². The Balaban J connectivity index is 1.55. The van der Waals surface area contributed by atoms with E-state index in [2.05, 4.69) is 49.5 Å². The molecule has 1 aliphatic carbocycles. The van der Waals surface area contributed by atoms with Crippen LogP contribution in [0.5, 0.6) is 0 Å². The summed E-state index contributed by atoms with van der Waals surface area (Å²) < 4.78 is 2.80. The fraction of sp³-hybridized carbons (Fsp3) is 0.333. The molecule has 0 radical (unpaired) electrons. The van der Waals surface area contributed by atoms with Crippen LogP contribution in [0.15, 0.2) is 40.1 Å². The van der Waals surface area contributed by atoms with E-state index in [4.69, 9.17) is 5.73 Å². The number of benzene rings is 1. The van der Waals surface area contributed by atoms with Crippen LogP contribution >= 0.6 is 15.9 Å². The van der Waals surface area contributed by atoms with Crippen LogP contribution in [0, 0.1) is 0 Å². The van der Waals surface area contributed by atoms with Crippen molar-refractivity contribution in [2.75, 3.05) is 11.9 Å². The molecule has 0 bridgehead atoms. The lowest BCUT2D eigenvalue weighted by atomic mass is 10.1. The number of fused-ring (bicyclic) bond motifs is 1. The van der Waals surface area contributed by atoms with Crippen LogP contribution in [0.2, 0.25) is 0 Å². The fourth-order valence-corrected chi connectivity index (χ4v) is 2.90. The average Bonchev–Trinajstić information content (AvgIpc) is 3.07. The summed E-state index contributed by atoms with van der Waals surface area (Å²) in [4.78, 5) is 4.32. The molecule has 0 unspecified atom stereocenters.